The van der Waals surface area contributed by atoms with Crippen LogP contribution in [0.25, 0.3) is 27.5 Å². The first-order valence-electron chi connectivity index (χ1n) is 8.86. The first-order chi connectivity index (χ1) is 12.7. The Bertz CT molecular complexity index is 1250. The number of pyridine rings is 1. The summed E-state index contributed by atoms with van der Waals surface area (Å²) in [6.07, 6.45) is 5.06. The van der Waals surface area contributed by atoms with E-state index in [0.717, 1.165) is 23.1 Å². The van der Waals surface area contributed by atoms with Crippen molar-refractivity contribution >= 4 is 27.5 Å². The Kier molecular flexibility index (Phi) is 3.32. The molecule has 2 aromatic carbocycles. The summed E-state index contributed by atoms with van der Waals surface area (Å²) in [7, 11) is 0. The Balaban J connectivity index is 1.81. The fourth-order valence-corrected chi connectivity index (χ4v) is 3.76. The molecular weight excluding hydrogens is 325 g/mol. The van der Waals surface area contributed by atoms with Gasteiger partial charge in [-0.15, -0.1) is 0 Å². The van der Waals surface area contributed by atoms with Gasteiger partial charge in [-0.1, -0.05) is 37.3 Å². The summed E-state index contributed by atoms with van der Waals surface area (Å²) in [6, 6.07) is 17.3. The monoisotopic (exact) mass is 343 g/mol. The minimum Gasteiger partial charge on any atom is -0.335 e. The van der Waals surface area contributed by atoms with Gasteiger partial charge < -0.3 is 8.97 Å². The van der Waals surface area contributed by atoms with E-state index >= 15 is 0 Å². The van der Waals surface area contributed by atoms with Crippen LogP contribution >= 0.6 is 0 Å². The lowest BCUT2D eigenvalue weighted by molar-refractivity contribution is 0.626. The Morgan fingerprint density at radius 1 is 0.962 bits per heavy atom. The van der Waals surface area contributed by atoms with Crippen molar-refractivity contribution in [2.45, 2.75) is 19.9 Å². The molecule has 0 saturated heterocycles. The van der Waals surface area contributed by atoms with E-state index in [1.54, 1.807) is 0 Å². The summed E-state index contributed by atoms with van der Waals surface area (Å²) in [6.45, 7) is 2.84. The molecular formula is C22H18FN3. The van der Waals surface area contributed by atoms with Crippen LogP contribution in [0.5, 0.6) is 0 Å². The quantitative estimate of drug-likeness (QED) is 0.442. The minimum absolute atomic E-state index is 0.205. The molecule has 128 valence electrons. The van der Waals surface area contributed by atoms with Gasteiger partial charge in [0.25, 0.3) is 0 Å². The summed E-state index contributed by atoms with van der Waals surface area (Å²) in [5, 5.41) is 2.41. The van der Waals surface area contributed by atoms with Crippen molar-refractivity contribution in [2.24, 2.45) is 0 Å². The standard InChI is InChI=1S/C22H18FN3/c1-2-17-12-24-22-11-19-18-5-3-4-6-20(18)26(21(19)14-25(17)22)13-15-7-9-16(23)10-8-15/h3-12,14H,2,13H2,1H3. The van der Waals surface area contributed by atoms with Crippen LogP contribution in [0.2, 0.25) is 0 Å². The van der Waals surface area contributed by atoms with Crippen LogP contribution in [0.15, 0.2) is 67.0 Å². The van der Waals surface area contributed by atoms with Crippen molar-refractivity contribution in [3.63, 3.8) is 0 Å². The van der Waals surface area contributed by atoms with Crippen molar-refractivity contribution in [3.05, 3.63) is 84.1 Å². The second-order valence-corrected chi connectivity index (χ2v) is 6.63. The highest BCUT2D eigenvalue weighted by molar-refractivity contribution is 6.08. The molecule has 3 aromatic heterocycles. The smallest absolute Gasteiger partial charge is 0.137 e. The Hall–Kier alpha value is -3.14. The molecule has 3 heterocycles. The van der Waals surface area contributed by atoms with Crippen molar-refractivity contribution in [1.82, 2.24) is 14.0 Å². The van der Waals surface area contributed by atoms with Crippen molar-refractivity contribution in [2.75, 3.05) is 0 Å². The summed E-state index contributed by atoms with van der Waals surface area (Å²) in [5.74, 6) is -0.205. The zero-order valence-electron chi connectivity index (χ0n) is 14.5. The van der Waals surface area contributed by atoms with Crippen molar-refractivity contribution in [1.29, 1.82) is 0 Å². The fourth-order valence-electron chi connectivity index (χ4n) is 3.76. The van der Waals surface area contributed by atoms with Gasteiger partial charge >= 0.3 is 0 Å². The Labute approximate surface area is 150 Å². The van der Waals surface area contributed by atoms with E-state index in [0.29, 0.717) is 6.54 Å². The number of nitrogens with zero attached hydrogens (tertiary/aromatic N) is 3. The summed E-state index contributed by atoms with van der Waals surface area (Å²) in [5.41, 5.74) is 5.59. The summed E-state index contributed by atoms with van der Waals surface area (Å²) in [4.78, 5) is 4.56. The number of fused-ring (bicyclic) bond motifs is 4. The van der Waals surface area contributed by atoms with Crippen LogP contribution in [0.1, 0.15) is 18.2 Å². The third-order valence-corrected chi connectivity index (χ3v) is 5.09. The maximum atomic E-state index is 13.3. The van der Waals surface area contributed by atoms with E-state index < -0.39 is 0 Å². The summed E-state index contributed by atoms with van der Waals surface area (Å²) < 4.78 is 17.7. The van der Waals surface area contributed by atoms with Crippen LogP contribution in [-0.2, 0) is 13.0 Å². The minimum atomic E-state index is -0.205. The van der Waals surface area contributed by atoms with Crippen LogP contribution in [-0.4, -0.2) is 14.0 Å². The lowest BCUT2D eigenvalue weighted by Crippen LogP contribution is -2.00. The molecule has 5 rings (SSSR count). The molecule has 0 fully saturated rings. The molecule has 4 heteroatoms. The number of rotatable bonds is 3. The maximum absolute atomic E-state index is 13.3. The molecule has 0 amide bonds. The van der Waals surface area contributed by atoms with Gasteiger partial charge in [-0.3, -0.25) is 0 Å². The predicted octanol–water partition coefficient (Wildman–Crippen LogP) is 5.19. The van der Waals surface area contributed by atoms with Crippen LogP contribution in [0, 0.1) is 5.82 Å². The predicted molar refractivity (Wildman–Crippen MR) is 103 cm³/mol. The lowest BCUT2D eigenvalue weighted by Gasteiger charge is -2.09. The average molecular weight is 343 g/mol. The number of hydrogen-bond acceptors (Lipinski definition) is 1. The molecule has 0 aliphatic heterocycles. The van der Waals surface area contributed by atoms with Crippen LogP contribution in [0.3, 0.4) is 0 Å². The molecule has 0 atom stereocenters. The molecule has 3 nitrogen and oxygen atoms in total. The highest BCUT2D eigenvalue weighted by Gasteiger charge is 2.13. The Morgan fingerprint density at radius 3 is 2.58 bits per heavy atom. The number of benzene rings is 2. The molecule has 0 saturated carbocycles. The fraction of sp³-hybridized carbons (Fsp3) is 0.136. The van der Waals surface area contributed by atoms with Crippen molar-refractivity contribution < 1.29 is 4.39 Å². The number of para-hydroxylation sites is 1. The van der Waals surface area contributed by atoms with Gasteiger partial charge in [-0.2, -0.15) is 0 Å². The van der Waals surface area contributed by atoms with E-state index in [1.807, 2.05) is 18.3 Å². The molecule has 0 bridgehead atoms. The second kappa shape index (κ2) is 5.70. The van der Waals surface area contributed by atoms with Gasteiger partial charge in [0.15, 0.2) is 0 Å². The first-order valence-corrected chi connectivity index (χ1v) is 8.86. The van der Waals surface area contributed by atoms with E-state index in [9.17, 15) is 4.39 Å². The molecule has 0 unspecified atom stereocenters. The van der Waals surface area contributed by atoms with E-state index in [4.69, 9.17) is 0 Å². The van der Waals surface area contributed by atoms with Crippen LogP contribution in [0.4, 0.5) is 4.39 Å². The van der Waals surface area contributed by atoms with E-state index in [2.05, 4.69) is 57.4 Å². The van der Waals surface area contributed by atoms with E-state index in [1.165, 1.54) is 34.1 Å². The van der Waals surface area contributed by atoms with Gasteiger partial charge in [0, 0.05) is 40.9 Å². The van der Waals surface area contributed by atoms with Gasteiger partial charge in [0.1, 0.15) is 11.5 Å². The van der Waals surface area contributed by atoms with Gasteiger partial charge in [0.05, 0.1) is 5.52 Å². The molecule has 0 radical (unpaired) electrons. The molecule has 0 spiro atoms. The molecule has 0 aliphatic rings. The van der Waals surface area contributed by atoms with Gasteiger partial charge in [0.2, 0.25) is 0 Å². The average Bonchev–Trinajstić information content (AvgIpc) is 3.21. The summed E-state index contributed by atoms with van der Waals surface area (Å²) >= 11 is 0. The molecule has 0 N–H and O–H groups in total. The topological polar surface area (TPSA) is 22.2 Å². The number of hydrogen-bond donors (Lipinski definition) is 0. The number of aromatic nitrogens is 3. The number of aryl methyl sites for hydroxylation is 1. The normalized spacial score (nSPS) is 11.8. The van der Waals surface area contributed by atoms with Crippen LogP contribution < -0.4 is 0 Å². The highest BCUT2D eigenvalue weighted by atomic mass is 19.1. The van der Waals surface area contributed by atoms with Crippen molar-refractivity contribution in [3.8, 4) is 0 Å². The zero-order chi connectivity index (χ0) is 17.7. The SMILES string of the molecule is CCc1cnc2cc3c4ccccc4n(Cc4ccc(F)cc4)c3cn12. The van der Waals surface area contributed by atoms with Gasteiger partial charge in [-0.05, 0) is 36.2 Å². The first kappa shape index (κ1) is 15.1. The highest BCUT2D eigenvalue weighted by Crippen LogP contribution is 2.31. The Morgan fingerprint density at radius 2 is 1.77 bits per heavy atom. The molecule has 0 aliphatic carbocycles. The van der Waals surface area contributed by atoms with E-state index in [-0.39, 0.29) is 5.82 Å². The lowest BCUT2D eigenvalue weighted by atomic mass is 10.2. The third-order valence-electron chi connectivity index (χ3n) is 5.09. The largest absolute Gasteiger partial charge is 0.335 e. The molecule has 5 aromatic rings. The molecule has 26 heavy (non-hydrogen) atoms. The third kappa shape index (κ3) is 2.22. The number of imidazole rings is 1. The van der Waals surface area contributed by atoms with Gasteiger partial charge in [-0.25, -0.2) is 9.37 Å². The maximum Gasteiger partial charge on any atom is 0.137 e. The zero-order valence-corrected chi connectivity index (χ0v) is 14.5. The second-order valence-electron chi connectivity index (χ2n) is 6.63. The number of halogens is 1.